The molecule has 1 N–H and O–H groups in total. The highest BCUT2D eigenvalue weighted by Gasteiger charge is 2.38. The van der Waals surface area contributed by atoms with E-state index in [1.54, 1.807) is 6.07 Å². The van der Waals surface area contributed by atoms with Gasteiger partial charge in [-0.1, -0.05) is 0 Å². The topological polar surface area (TPSA) is 103 Å². The summed E-state index contributed by atoms with van der Waals surface area (Å²) in [6, 6.07) is 3.85. The van der Waals surface area contributed by atoms with E-state index in [-0.39, 0.29) is 17.9 Å². The molecule has 0 aliphatic rings. The number of rotatable bonds is 4. The van der Waals surface area contributed by atoms with Crippen LogP contribution in [0.25, 0.3) is 0 Å². The van der Waals surface area contributed by atoms with Crippen molar-refractivity contribution in [1.82, 2.24) is 19.5 Å². The fourth-order valence-corrected chi connectivity index (χ4v) is 3.14. The Bertz CT molecular complexity index is 841. The van der Waals surface area contributed by atoms with Crippen LogP contribution in [0.1, 0.15) is 17.0 Å². The number of alkyl halides is 3. The van der Waals surface area contributed by atoms with Crippen molar-refractivity contribution in [1.29, 1.82) is 5.26 Å². The molecule has 11 heteroatoms. The largest absolute Gasteiger partial charge is 0.417 e. The van der Waals surface area contributed by atoms with E-state index in [0.717, 1.165) is 25.5 Å². The Morgan fingerprint density at radius 2 is 2.09 bits per heavy atom. The van der Waals surface area contributed by atoms with E-state index < -0.39 is 26.7 Å². The van der Waals surface area contributed by atoms with Gasteiger partial charge in [0.2, 0.25) is 10.0 Å². The minimum Gasteiger partial charge on any atom is -0.262 e. The number of aromatic amines is 1. The van der Waals surface area contributed by atoms with Crippen LogP contribution in [0.3, 0.4) is 0 Å². The van der Waals surface area contributed by atoms with Gasteiger partial charge in [-0.05, 0) is 18.2 Å². The average molecular weight is 345 g/mol. The smallest absolute Gasteiger partial charge is 0.262 e. The fraction of sp³-hybridized carbons (Fsp3) is 0.250. The van der Waals surface area contributed by atoms with Crippen molar-refractivity contribution in [3.63, 3.8) is 0 Å². The average Bonchev–Trinajstić information content (AvgIpc) is 2.98. The summed E-state index contributed by atoms with van der Waals surface area (Å²) in [6.45, 7) is -0.278. The number of halogens is 3. The van der Waals surface area contributed by atoms with E-state index in [2.05, 4.69) is 15.2 Å². The van der Waals surface area contributed by atoms with E-state index in [0.29, 0.717) is 10.4 Å². The summed E-state index contributed by atoms with van der Waals surface area (Å²) in [5.41, 5.74) is -1.67. The zero-order valence-electron chi connectivity index (χ0n) is 11.7. The maximum atomic E-state index is 13.1. The third-order valence-electron chi connectivity index (χ3n) is 2.94. The highest BCUT2D eigenvalue weighted by Crippen LogP contribution is 2.35. The zero-order chi connectivity index (χ0) is 17.3. The molecule has 0 radical (unpaired) electrons. The first-order valence-electron chi connectivity index (χ1n) is 6.08. The third-order valence-corrected chi connectivity index (χ3v) is 4.80. The monoisotopic (exact) mass is 345 g/mol. The Morgan fingerprint density at radius 1 is 1.39 bits per heavy atom. The Morgan fingerprint density at radius 3 is 2.61 bits per heavy atom. The third kappa shape index (κ3) is 3.49. The minimum atomic E-state index is -4.91. The SMILES string of the molecule is CN(Cc1ncn[nH]1)S(=O)(=O)c1ccc(C#N)cc1C(F)(F)F. The number of hydrogen-bond donors (Lipinski definition) is 1. The van der Waals surface area contributed by atoms with Crippen LogP contribution in [-0.4, -0.2) is 35.0 Å². The van der Waals surface area contributed by atoms with E-state index in [9.17, 15) is 21.6 Å². The van der Waals surface area contributed by atoms with Gasteiger partial charge in [0.05, 0.1) is 28.6 Å². The molecule has 0 amide bonds. The molecule has 2 aromatic rings. The van der Waals surface area contributed by atoms with Gasteiger partial charge in [-0.3, -0.25) is 5.10 Å². The van der Waals surface area contributed by atoms with Gasteiger partial charge in [-0.25, -0.2) is 13.4 Å². The van der Waals surface area contributed by atoms with Gasteiger partial charge in [-0.15, -0.1) is 0 Å². The lowest BCUT2D eigenvalue weighted by atomic mass is 10.1. The number of H-pyrrole nitrogens is 1. The first-order valence-corrected chi connectivity index (χ1v) is 7.52. The standard InChI is InChI=1S/C12H10F3N5O2S/c1-20(6-11-17-7-18-19-11)23(21,22)10-3-2-8(5-16)4-9(10)12(13,14)15/h2-4,7H,6H2,1H3,(H,17,18,19). The molecule has 0 saturated heterocycles. The first kappa shape index (κ1) is 16.9. The molecule has 1 aromatic carbocycles. The van der Waals surface area contributed by atoms with Crippen LogP contribution < -0.4 is 0 Å². The highest BCUT2D eigenvalue weighted by molar-refractivity contribution is 7.89. The molecule has 1 aromatic heterocycles. The van der Waals surface area contributed by atoms with Gasteiger partial charge in [0.25, 0.3) is 0 Å². The number of nitriles is 1. The summed E-state index contributed by atoms with van der Waals surface area (Å²) in [7, 11) is -3.32. The van der Waals surface area contributed by atoms with Crippen molar-refractivity contribution in [2.45, 2.75) is 17.6 Å². The molecule has 7 nitrogen and oxygen atoms in total. The molecule has 0 unspecified atom stereocenters. The molecule has 0 aliphatic carbocycles. The number of nitrogens with one attached hydrogen (secondary N) is 1. The van der Waals surface area contributed by atoms with Crippen LogP contribution in [0, 0.1) is 11.3 Å². The Balaban J connectivity index is 2.49. The van der Waals surface area contributed by atoms with Gasteiger partial charge >= 0.3 is 6.18 Å². The fourth-order valence-electron chi connectivity index (χ4n) is 1.82. The summed E-state index contributed by atoms with van der Waals surface area (Å²) in [5, 5.41) is 14.7. The molecule has 0 bridgehead atoms. The van der Waals surface area contributed by atoms with Gasteiger partial charge < -0.3 is 0 Å². The second-order valence-electron chi connectivity index (χ2n) is 4.51. The molecule has 0 saturated carbocycles. The quantitative estimate of drug-likeness (QED) is 0.905. The molecule has 0 atom stereocenters. The van der Waals surface area contributed by atoms with Crippen LogP contribution in [-0.2, 0) is 22.7 Å². The van der Waals surface area contributed by atoms with E-state index >= 15 is 0 Å². The molecule has 0 fully saturated rings. The number of sulfonamides is 1. The lowest BCUT2D eigenvalue weighted by molar-refractivity contribution is -0.139. The summed E-state index contributed by atoms with van der Waals surface area (Å²) in [4.78, 5) is 2.80. The normalized spacial score (nSPS) is 12.3. The molecule has 1 heterocycles. The predicted molar refractivity (Wildman–Crippen MR) is 71.2 cm³/mol. The molecule has 0 spiro atoms. The molecule has 0 aliphatic heterocycles. The van der Waals surface area contributed by atoms with Crippen molar-refractivity contribution in [2.24, 2.45) is 0 Å². The van der Waals surface area contributed by atoms with E-state index in [1.165, 1.54) is 0 Å². The van der Waals surface area contributed by atoms with Crippen LogP contribution in [0.5, 0.6) is 0 Å². The van der Waals surface area contributed by atoms with Gasteiger partial charge in [-0.2, -0.15) is 27.8 Å². The summed E-state index contributed by atoms with van der Waals surface area (Å²) >= 11 is 0. The van der Waals surface area contributed by atoms with Gasteiger partial charge in [0.15, 0.2) is 0 Å². The zero-order valence-corrected chi connectivity index (χ0v) is 12.5. The second-order valence-corrected chi connectivity index (χ2v) is 6.53. The van der Waals surface area contributed by atoms with E-state index in [4.69, 9.17) is 5.26 Å². The maximum Gasteiger partial charge on any atom is 0.417 e. The highest BCUT2D eigenvalue weighted by atomic mass is 32.2. The van der Waals surface area contributed by atoms with Crippen molar-refractivity contribution < 1.29 is 21.6 Å². The summed E-state index contributed by atoms with van der Waals surface area (Å²) in [6.07, 6.45) is -3.76. The molecule has 2 rings (SSSR count). The Hall–Kier alpha value is -2.45. The maximum absolute atomic E-state index is 13.1. The molecule has 122 valence electrons. The molecule has 23 heavy (non-hydrogen) atoms. The van der Waals surface area contributed by atoms with Crippen LogP contribution >= 0.6 is 0 Å². The van der Waals surface area contributed by atoms with Crippen LogP contribution in [0.2, 0.25) is 0 Å². The van der Waals surface area contributed by atoms with Crippen molar-refractivity contribution in [3.8, 4) is 6.07 Å². The van der Waals surface area contributed by atoms with Crippen LogP contribution in [0.15, 0.2) is 29.4 Å². The number of hydrogen-bond acceptors (Lipinski definition) is 5. The van der Waals surface area contributed by atoms with Crippen molar-refractivity contribution >= 4 is 10.0 Å². The Kier molecular flexibility index (Phi) is 4.39. The predicted octanol–water partition coefficient (Wildman–Crippen LogP) is 1.52. The van der Waals surface area contributed by atoms with Crippen molar-refractivity contribution in [3.05, 3.63) is 41.5 Å². The number of aromatic nitrogens is 3. The summed E-state index contributed by atoms with van der Waals surface area (Å²) in [5.74, 6) is 0.179. The second kappa shape index (κ2) is 5.98. The number of benzene rings is 1. The lowest BCUT2D eigenvalue weighted by Gasteiger charge is -2.19. The van der Waals surface area contributed by atoms with Crippen molar-refractivity contribution in [2.75, 3.05) is 7.05 Å². The van der Waals surface area contributed by atoms with Gasteiger partial charge in [0, 0.05) is 7.05 Å². The van der Waals surface area contributed by atoms with Crippen LogP contribution in [0.4, 0.5) is 13.2 Å². The molecular weight excluding hydrogens is 335 g/mol. The van der Waals surface area contributed by atoms with E-state index in [1.807, 2.05) is 0 Å². The number of nitrogens with zero attached hydrogens (tertiary/aromatic N) is 4. The first-order chi connectivity index (χ1) is 10.7. The van der Waals surface area contributed by atoms with Gasteiger partial charge in [0.1, 0.15) is 12.2 Å². The summed E-state index contributed by atoms with van der Waals surface area (Å²) < 4.78 is 64.9. The lowest BCUT2D eigenvalue weighted by Crippen LogP contribution is -2.29. The Labute approximate surface area is 129 Å². The molecular formula is C12H10F3N5O2S. The minimum absolute atomic E-state index is 0.179.